The summed E-state index contributed by atoms with van der Waals surface area (Å²) >= 11 is 0. The Morgan fingerprint density at radius 3 is 2.35 bits per heavy atom. The molecule has 31 heavy (non-hydrogen) atoms. The summed E-state index contributed by atoms with van der Waals surface area (Å²) in [5.41, 5.74) is 2.24. The Kier molecular flexibility index (Phi) is 5.62. The maximum absolute atomic E-state index is 14.0. The van der Waals surface area contributed by atoms with E-state index in [0.29, 0.717) is 30.6 Å². The molecule has 0 saturated carbocycles. The Labute approximate surface area is 180 Å². The van der Waals surface area contributed by atoms with E-state index in [9.17, 15) is 22.0 Å². The molecule has 0 amide bonds. The fourth-order valence-electron chi connectivity index (χ4n) is 3.82. The number of benzene rings is 3. The summed E-state index contributed by atoms with van der Waals surface area (Å²) in [6.45, 7) is 2.21. The van der Waals surface area contributed by atoms with Gasteiger partial charge < -0.3 is 0 Å². The normalized spacial score (nSPS) is 13.7. The number of anilines is 1. The average Bonchev–Trinajstić information content (AvgIpc) is 2.73. The highest BCUT2D eigenvalue weighted by Crippen LogP contribution is 2.33. The van der Waals surface area contributed by atoms with Crippen LogP contribution in [0.3, 0.4) is 0 Å². The molecule has 1 aliphatic heterocycles. The van der Waals surface area contributed by atoms with E-state index in [0.717, 1.165) is 23.3 Å². The van der Waals surface area contributed by atoms with Gasteiger partial charge in [0, 0.05) is 13.0 Å². The van der Waals surface area contributed by atoms with Gasteiger partial charge in [0.25, 0.3) is 10.0 Å². The summed E-state index contributed by atoms with van der Waals surface area (Å²) in [4.78, 5) is 12.7. The molecular formula is C24H21F2NO3S. The highest BCUT2D eigenvalue weighted by molar-refractivity contribution is 7.92. The van der Waals surface area contributed by atoms with Crippen LogP contribution in [0.2, 0.25) is 0 Å². The van der Waals surface area contributed by atoms with E-state index < -0.39 is 33.0 Å². The average molecular weight is 441 g/mol. The Bertz CT molecular complexity index is 1230. The molecule has 0 unspecified atom stereocenters. The summed E-state index contributed by atoms with van der Waals surface area (Å²) in [5.74, 6) is -2.52. The number of rotatable bonds is 5. The number of halogens is 2. The Morgan fingerprint density at radius 2 is 1.68 bits per heavy atom. The fourth-order valence-corrected chi connectivity index (χ4v) is 5.35. The molecule has 0 aliphatic carbocycles. The minimum atomic E-state index is -3.77. The van der Waals surface area contributed by atoms with Crippen molar-refractivity contribution in [1.82, 2.24) is 0 Å². The zero-order valence-electron chi connectivity index (χ0n) is 16.9. The van der Waals surface area contributed by atoms with Gasteiger partial charge >= 0.3 is 0 Å². The van der Waals surface area contributed by atoms with Gasteiger partial charge in [-0.3, -0.25) is 9.10 Å². The number of carbonyl (C=O) groups is 1. The fraction of sp³-hybridized carbons (Fsp3) is 0.208. The number of ketones is 1. The van der Waals surface area contributed by atoms with E-state index in [2.05, 4.69) is 0 Å². The van der Waals surface area contributed by atoms with Gasteiger partial charge in [-0.05, 0) is 61.2 Å². The van der Waals surface area contributed by atoms with Crippen molar-refractivity contribution in [2.45, 2.75) is 31.1 Å². The molecule has 3 aromatic carbocycles. The third-order valence-electron chi connectivity index (χ3n) is 5.44. The Morgan fingerprint density at radius 1 is 1.00 bits per heavy atom. The molecule has 1 aliphatic rings. The van der Waals surface area contributed by atoms with E-state index in [1.165, 1.54) is 10.4 Å². The standard InChI is InChI=1S/C24H21F2NO3S/c1-16-7-11-19(12-8-16)31(29,30)27-13-3-4-18-10-9-17(14-22(18)27)15-23(28)24-20(25)5-2-6-21(24)26/h2,5-12,14H,3-4,13,15H2,1H3. The highest BCUT2D eigenvalue weighted by atomic mass is 32.2. The summed E-state index contributed by atoms with van der Waals surface area (Å²) in [7, 11) is -3.77. The van der Waals surface area contributed by atoms with Gasteiger partial charge in [0.2, 0.25) is 0 Å². The lowest BCUT2D eigenvalue weighted by Crippen LogP contribution is -2.35. The first-order valence-corrected chi connectivity index (χ1v) is 11.4. The largest absolute Gasteiger partial charge is 0.294 e. The summed E-state index contributed by atoms with van der Waals surface area (Å²) in [6.07, 6.45) is 1.16. The zero-order valence-corrected chi connectivity index (χ0v) is 17.8. The van der Waals surface area contributed by atoms with Crippen molar-refractivity contribution in [3.8, 4) is 0 Å². The van der Waals surface area contributed by atoms with E-state index in [-0.39, 0.29) is 11.3 Å². The van der Waals surface area contributed by atoms with Gasteiger partial charge in [-0.2, -0.15) is 0 Å². The zero-order chi connectivity index (χ0) is 22.2. The number of carbonyl (C=O) groups excluding carboxylic acids is 1. The molecule has 3 aromatic rings. The topological polar surface area (TPSA) is 54.5 Å². The van der Waals surface area contributed by atoms with Crippen LogP contribution in [-0.4, -0.2) is 20.7 Å². The van der Waals surface area contributed by atoms with Gasteiger partial charge in [-0.1, -0.05) is 35.9 Å². The predicted octanol–water partition coefficient (Wildman–Crippen LogP) is 4.84. The number of hydrogen-bond donors (Lipinski definition) is 0. The van der Waals surface area contributed by atoms with Gasteiger partial charge in [0.05, 0.1) is 16.1 Å². The van der Waals surface area contributed by atoms with E-state index in [1.54, 1.807) is 42.5 Å². The molecule has 0 aromatic heterocycles. The van der Waals surface area contributed by atoms with Crippen LogP contribution in [0.1, 0.15) is 33.5 Å². The van der Waals surface area contributed by atoms with Gasteiger partial charge in [-0.25, -0.2) is 17.2 Å². The maximum atomic E-state index is 14.0. The van der Waals surface area contributed by atoms with Crippen LogP contribution in [0.25, 0.3) is 0 Å². The van der Waals surface area contributed by atoms with Crippen LogP contribution < -0.4 is 4.31 Å². The second-order valence-corrected chi connectivity index (χ2v) is 9.52. The quantitative estimate of drug-likeness (QED) is 0.533. The molecule has 0 bridgehead atoms. The molecular weight excluding hydrogens is 420 g/mol. The van der Waals surface area contributed by atoms with E-state index >= 15 is 0 Å². The molecule has 0 N–H and O–H groups in total. The number of Topliss-reactive ketones (excluding diaryl/α,β-unsaturated/α-hetero) is 1. The summed E-state index contributed by atoms with van der Waals surface area (Å²) in [6, 6.07) is 15.1. The molecule has 0 fully saturated rings. The summed E-state index contributed by atoms with van der Waals surface area (Å²) in [5, 5.41) is 0. The molecule has 0 spiro atoms. The Balaban J connectivity index is 1.68. The molecule has 4 rings (SSSR count). The minimum Gasteiger partial charge on any atom is -0.294 e. The van der Waals surface area contributed by atoms with Crippen molar-refractivity contribution in [3.63, 3.8) is 0 Å². The molecule has 0 saturated heterocycles. The second-order valence-electron chi connectivity index (χ2n) is 7.65. The monoisotopic (exact) mass is 441 g/mol. The lowest BCUT2D eigenvalue weighted by Gasteiger charge is -2.31. The second kappa shape index (κ2) is 8.23. The van der Waals surface area contributed by atoms with Crippen molar-refractivity contribution in [3.05, 3.63) is 94.6 Å². The molecule has 160 valence electrons. The van der Waals surface area contributed by atoms with Crippen LogP contribution in [-0.2, 0) is 22.9 Å². The van der Waals surface area contributed by atoms with Gasteiger partial charge in [0.1, 0.15) is 11.6 Å². The Hall–Kier alpha value is -3.06. The van der Waals surface area contributed by atoms with Crippen LogP contribution in [0.4, 0.5) is 14.5 Å². The predicted molar refractivity (Wildman–Crippen MR) is 115 cm³/mol. The molecule has 7 heteroatoms. The maximum Gasteiger partial charge on any atom is 0.264 e. The third kappa shape index (κ3) is 4.10. The number of fused-ring (bicyclic) bond motifs is 1. The van der Waals surface area contributed by atoms with Crippen molar-refractivity contribution in [1.29, 1.82) is 0 Å². The first kappa shape index (κ1) is 21.2. The highest BCUT2D eigenvalue weighted by Gasteiger charge is 2.29. The first-order valence-electron chi connectivity index (χ1n) is 9.96. The molecule has 0 radical (unpaired) electrons. The third-order valence-corrected chi connectivity index (χ3v) is 7.27. The van der Waals surface area contributed by atoms with Crippen LogP contribution in [0.15, 0.2) is 65.6 Å². The number of aryl methyl sites for hydroxylation is 2. The van der Waals surface area contributed by atoms with Crippen LogP contribution in [0.5, 0.6) is 0 Å². The van der Waals surface area contributed by atoms with Crippen LogP contribution >= 0.6 is 0 Å². The smallest absolute Gasteiger partial charge is 0.264 e. The van der Waals surface area contributed by atoms with Crippen LogP contribution in [0, 0.1) is 18.6 Å². The lowest BCUT2D eigenvalue weighted by atomic mass is 9.97. The van der Waals surface area contributed by atoms with Gasteiger partial charge in [0.15, 0.2) is 5.78 Å². The molecule has 1 heterocycles. The van der Waals surface area contributed by atoms with Crippen molar-refractivity contribution < 1.29 is 22.0 Å². The van der Waals surface area contributed by atoms with Crippen molar-refractivity contribution in [2.75, 3.05) is 10.8 Å². The number of nitrogens with zero attached hydrogens (tertiary/aromatic N) is 1. The number of sulfonamides is 1. The minimum absolute atomic E-state index is 0.195. The van der Waals surface area contributed by atoms with E-state index in [1.807, 2.05) is 6.92 Å². The lowest BCUT2D eigenvalue weighted by molar-refractivity contribution is 0.0985. The SMILES string of the molecule is Cc1ccc(S(=O)(=O)N2CCCc3ccc(CC(=O)c4c(F)cccc4F)cc32)cc1. The number of hydrogen-bond acceptors (Lipinski definition) is 3. The van der Waals surface area contributed by atoms with Gasteiger partial charge in [-0.15, -0.1) is 0 Å². The molecule has 4 nitrogen and oxygen atoms in total. The first-order chi connectivity index (χ1) is 14.8. The van der Waals surface area contributed by atoms with Crippen molar-refractivity contribution >= 4 is 21.5 Å². The van der Waals surface area contributed by atoms with E-state index in [4.69, 9.17) is 0 Å². The van der Waals surface area contributed by atoms with Crippen molar-refractivity contribution in [2.24, 2.45) is 0 Å². The summed E-state index contributed by atoms with van der Waals surface area (Å²) < 4.78 is 55.8. The molecule has 0 atom stereocenters.